The standard InChI is InChI=1S/C19H19ClN2O4/c1-12(23)21-17(13-6-5-7-14(20)10-13)11-18(24)22-16-9-4-3-8-15(16)19(25)26-2/h3-10,17H,11H2,1-2H3,(H,21,23)(H,22,24). The highest BCUT2D eigenvalue weighted by atomic mass is 35.5. The Labute approximate surface area is 156 Å². The maximum Gasteiger partial charge on any atom is 0.339 e. The lowest BCUT2D eigenvalue weighted by Crippen LogP contribution is -2.30. The zero-order valence-corrected chi connectivity index (χ0v) is 15.2. The summed E-state index contributed by atoms with van der Waals surface area (Å²) in [6.45, 7) is 1.38. The Bertz CT molecular complexity index is 823. The number of methoxy groups -OCH3 is 1. The average Bonchev–Trinajstić information content (AvgIpc) is 2.60. The van der Waals surface area contributed by atoms with Gasteiger partial charge in [-0.1, -0.05) is 35.9 Å². The molecule has 1 atom stereocenters. The van der Waals surface area contributed by atoms with Crippen LogP contribution in [0.5, 0.6) is 0 Å². The number of carbonyl (C=O) groups excluding carboxylic acids is 3. The van der Waals surface area contributed by atoms with Gasteiger partial charge in [-0.05, 0) is 29.8 Å². The van der Waals surface area contributed by atoms with Crippen LogP contribution in [0.3, 0.4) is 0 Å². The number of nitrogens with one attached hydrogen (secondary N) is 2. The van der Waals surface area contributed by atoms with Gasteiger partial charge in [0.05, 0.1) is 30.8 Å². The highest BCUT2D eigenvalue weighted by Crippen LogP contribution is 2.22. The normalized spacial score (nSPS) is 11.3. The second kappa shape index (κ2) is 9.01. The Morgan fingerprint density at radius 1 is 1.12 bits per heavy atom. The van der Waals surface area contributed by atoms with Crippen molar-refractivity contribution in [2.24, 2.45) is 0 Å². The molecule has 0 aliphatic heterocycles. The molecule has 0 aliphatic carbocycles. The van der Waals surface area contributed by atoms with Gasteiger partial charge in [0.15, 0.2) is 0 Å². The quantitative estimate of drug-likeness (QED) is 0.759. The summed E-state index contributed by atoms with van der Waals surface area (Å²) in [6.07, 6.45) is -0.0184. The molecule has 0 spiro atoms. The summed E-state index contributed by atoms with van der Waals surface area (Å²) >= 11 is 6.00. The van der Waals surface area contributed by atoms with Crippen molar-refractivity contribution in [2.75, 3.05) is 12.4 Å². The largest absolute Gasteiger partial charge is 0.465 e. The van der Waals surface area contributed by atoms with Crippen molar-refractivity contribution in [3.8, 4) is 0 Å². The number of para-hydroxylation sites is 1. The fourth-order valence-electron chi connectivity index (χ4n) is 2.49. The van der Waals surface area contributed by atoms with E-state index in [4.69, 9.17) is 16.3 Å². The first-order chi connectivity index (χ1) is 12.4. The fraction of sp³-hybridized carbons (Fsp3) is 0.211. The number of halogens is 1. The molecule has 0 radical (unpaired) electrons. The molecule has 136 valence electrons. The van der Waals surface area contributed by atoms with E-state index in [1.54, 1.807) is 48.5 Å². The van der Waals surface area contributed by atoms with Crippen molar-refractivity contribution in [3.63, 3.8) is 0 Å². The van der Waals surface area contributed by atoms with Gasteiger partial charge in [0.2, 0.25) is 11.8 Å². The van der Waals surface area contributed by atoms with Gasteiger partial charge < -0.3 is 15.4 Å². The van der Waals surface area contributed by atoms with Gasteiger partial charge in [0, 0.05) is 11.9 Å². The number of benzene rings is 2. The minimum Gasteiger partial charge on any atom is -0.465 e. The number of anilines is 1. The van der Waals surface area contributed by atoms with Crippen LogP contribution in [0.15, 0.2) is 48.5 Å². The molecule has 2 rings (SSSR count). The second-order valence-electron chi connectivity index (χ2n) is 5.60. The lowest BCUT2D eigenvalue weighted by molar-refractivity contribution is -0.120. The minimum absolute atomic E-state index is 0.0184. The molecular weight excluding hydrogens is 356 g/mol. The highest BCUT2D eigenvalue weighted by Gasteiger charge is 2.19. The van der Waals surface area contributed by atoms with Crippen LogP contribution in [0.25, 0.3) is 0 Å². The summed E-state index contributed by atoms with van der Waals surface area (Å²) < 4.78 is 4.71. The number of hydrogen-bond donors (Lipinski definition) is 2. The van der Waals surface area contributed by atoms with Crippen LogP contribution in [0.2, 0.25) is 5.02 Å². The monoisotopic (exact) mass is 374 g/mol. The zero-order valence-electron chi connectivity index (χ0n) is 14.4. The molecule has 0 heterocycles. The number of carbonyl (C=O) groups is 3. The highest BCUT2D eigenvalue weighted by molar-refractivity contribution is 6.30. The third-order valence-electron chi connectivity index (χ3n) is 3.62. The molecule has 2 aromatic carbocycles. The maximum absolute atomic E-state index is 12.5. The van der Waals surface area contributed by atoms with Gasteiger partial charge in [0.1, 0.15) is 0 Å². The van der Waals surface area contributed by atoms with Gasteiger partial charge in [0.25, 0.3) is 0 Å². The maximum atomic E-state index is 12.5. The fourth-order valence-corrected chi connectivity index (χ4v) is 2.69. The lowest BCUT2D eigenvalue weighted by Gasteiger charge is -2.19. The third kappa shape index (κ3) is 5.32. The van der Waals surface area contributed by atoms with E-state index in [1.165, 1.54) is 14.0 Å². The van der Waals surface area contributed by atoms with E-state index in [9.17, 15) is 14.4 Å². The number of ether oxygens (including phenoxy) is 1. The zero-order chi connectivity index (χ0) is 19.1. The third-order valence-corrected chi connectivity index (χ3v) is 3.86. The Kier molecular flexibility index (Phi) is 6.74. The first kappa shape index (κ1) is 19.5. The molecule has 26 heavy (non-hydrogen) atoms. The Balaban J connectivity index is 2.18. The Morgan fingerprint density at radius 2 is 1.85 bits per heavy atom. The van der Waals surface area contributed by atoms with Crippen LogP contribution in [-0.2, 0) is 14.3 Å². The molecule has 0 aromatic heterocycles. The predicted octanol–water partition coefficient (Wildman–Crippen LogP) is 3.33. The van der Waals surface area contributed by atoms with Gasteiger partial charge in [-0.2, -0.15) is 0 Å². The Hall–Kier alpha value is -2.86. The van der Waals surface area contributed by atoms with Crippen molar-refractivity contribution in [1.82, 2.24) is 5.32 Å². The summed E-state index contributed by atoms with van der Waals surface area (Å²) in [6, 6.07) is 12.9. The van der Waals surface area contributed by atoms with E-state index >= 15 is 0 Å². The van der Waals surface area contributed by atoms with Gasteiger partial charge in [-0.25, -0.2) is 4.79 Å². The minimum atomic E-state index is -0.547. The molecule has 2 amide bonds. The molecule has 1 unspecified atom stereocenters. The van der Waals surface area contributed by atoms with E-state index in [1.807, 2.05) is 0 Å². The molecule has 6 nitrogen and oxygen atoms in total. The van der Waals surface area contributed by atoms with E-state index < -0.39 is 12.0 Å². The molecular formula is C19H19ClN2O4. The predicted molar refractivity (Wildman–Crippen MR) is 99.0 cm³/mol. The first-order valence-electron chi connectivity index (χ1n) is 7.90. The van der Waals surface area contributed by atoms with E-state index in [0.717, 1.165) is 0 Å². The van der Waals surface area contributed by atoms with Crippen LogP contribution >= 0.6 is 11.6 Å². The van der Waals surface area contributed by atoms with Crippen LogP contribution in [0.4, 0.5) is 5.69 Å². The van der Waals surface area contributed by atoms with E-state index in [2.05, 4.69) is 10.6 Å². The van der Waals surface area contributed by atoms with Crippen molar-refractivity contribution in [3.05, 3.63) is 64.7 Å². The molecule has 2 N–H and O–H groups in total. The second-order valence-corrected chi connectivity index (χ2v) is 6.03. The van der Waals surface area contributed by atoms with Crippen molar-refractivity contribution in [1.29, 1.82) is 0 Å². The van der Waals surface area contributed by atoms with E-state index in [-0.39, 0.29) is 23.8 Å². The lowest BCUT2D eigenvalue weighted by atomic mass is 10.0. The molecule has 2 aromatic rings. The van der Waals surface area contributed by atoms with Crippen LogP contribution < -0.4 is 10.6 Å². The number of rotatable bonds is 6. The number of hydrogen-bond acceptors (Lipinski definition) is 4. The number of esters is 1. The van der Waals surface area contributed by atoms with Gasteiger partial charge in [-0.15, -0.1) is 0 Å². The first-order valence-corrected chi connectivity index (χ1v) is 8.28. The van der Waals surface area contributed by atoms with E-state index in [0.29, 0.717) is 16.3 Å². The topological polar surface area (TPSA) is 84.5 Å². The summed E-state index contributed by atoms with van der Waals surface area (Å²) in [7, 11) is 1.27. The molecule has 0 aliphatic rings. The Morgan fingerprint density at radius 3 is 2.50 bits per heavy atom. The summed E-state index contributed by atoms with van der Waals surface area (Å²) in [4.78, 5) is 35.8. The van der Waals surface area contributed by atoms with Crippen LogP contribution in [-0.4, -0.2) is 24.9 Å². The SMILES string of the molecule is COC(=O)c1ccccc1NC(=O)CC(NC(C)=O)c1cccc(Cl)c1. The smallest absolute Gasteiger partial charge is 0.339 e. The molecule has 0 saturated heterocycles. The summed E-state index contributed by atoms with van der Waals surface area (Å²) in [5.41, 5.74) is 1.31. The van der Waals surface area contributed by atoms with Crippen molar-refractivity contribution >= 4 is 35.1 Å². The molecule has 7 heteroatoms. The summed E-state index contributed by atoms with van der Waals surface area (Å²) in [5, 5.41) is 5.94. The van der Waals surface area contributed by atoms with Gasteiger partial charge in [-0.3, -0.25) is 9.59 Å². The van der Waals surface area contributed by atoms with Crippen molar-refractivity contribution < 1.29 is 19.1 Å². The molecule has 0 bridgehead atoms. The van der Waals surface area contributed by atoms with Gasteiger partial charge >= 0.3 is 5.97 Å². The molecule has 0 saturated carbocycles. The van der Waals surface area contributed by atoms with Crippen molar-refractivity contribution in [2.45, 2.75) is 19.4 Å². The van der Waals surface area contributed by atoms with Crippen LogP contribution in [0, 0.1) is 0 Å². The summed E-state index contributed by atoms with van der Waals surface area (Å²) in [5.74, 6) is -1.17. The molecule has 0 fully saturated rings. The van der Waals surface area contributed by atoms with Crippen LogP contribution in [0.1, 0.15) is 35.3 Å². The average molecular weight is 375 g/mol. The number of amides is 2.